The van der Waals surface area contributed by atoms with E-state index in [-0.39, 0.29) is 11.9 Å². The fraction of sp³-hybridized carbons (Fsp3) is 0.250. The second-order valence-corrected chi connectivity index (χ2v) is 5.66. The Morgan fingerprint density at radius 1 is 1.38 bits per heavy atom. The average molecular weight is 300 g/mol. The van der Waals surface area contributed by atoms with Crippen molar-refractivity contribution < 1.29 is 9.53 Å². The molecule has 0 bridgehead atoms. The summed E-state index contributed by atoms with van der Waals surface area (Å²) < 4.78 is 5.42. The molecule has 1 amide bonds. The summed E-state index contributed by atoms with van der Waals surface area (Å²) in [5.74, 6) is 0.728. The molecule has 0 saturated heterocycles. The number of ether oxygens (including phenoxy) is 1. The van der Waals surface area contributed by atoms with E-state index < -0.39 is 0 Å². The SMILES string of the molecule is COc1ccccc1C1CC(c2ccsc2)=NN1C(C)=O. The number of amides is 1. The Balaban J connectivity index is 1.98. The maximum atomic E-state index is 11.9. The van der Waals surface area contributed by atoms with Crippen LogP contribution < -0.4 is 4.74 Å². The van der Waals surface area contributed by atoms with Gasteiger partial charge in [0.05, 0.1) is 18.9 Å². The predicted molar refractivity (Wildman–Crippen MR) is 83.7 cm³/mol. The Bertz CT molecular complexity index is 679. The van der Waals surface area contributed by atoms with Crippen LogP contribution in [0.3, 0.4) is 0 Å². The molecule has 0 N–H and O–H groups in total. The molecule has 5 heteroatoms. The summed E-state index contributed by atoms with van der Waals surface area (Å²) in [7, 11) is 1.65. The third-order valence-corrected chi connectivity index (χ3v) is 4.27. The molecule has 0 radical (unpaired) electrons. The molecule has 4 nitrogen and oxygen atoms in total. The quantitative estimate of drug-likeness (QED) is 0.871. The number of para-hydroxylation sites is 1. The van der Waals surface area contributed by atoms with Gasteiger partial charge in [-0.2, -0.15) is 16.4 Å². The highest BCUT2D eigenvalue weighted by atomic mass is 32.1. The summed E-state index contributed by atoms with van der Waals surface area (Å²) in [5.41, 5.74) is 3.02. The lowest BCUT2D eigenvalue weighted by Crippen LogP contribution is -2.24. The van der Waals surface area contributed by atoms with Crippen LogP contribution in [0.1, 0.15) is 30.5 Å². The first-order chi connectivity index (χ1) is 10.2. The van der Waals surface area contributed by atoms with E-state index in [1.54, 1.807) is 30.4 Å². The van der Waals surface area contributed by atoms with E-state index in [4.69, 9.17) is 4.74 Å². The molecule has 108 valence electrons. The second-order valence-electron chi connectivity index (χ2n) is 4.88. The fourth-order valence-electron chi connectivity index (χ4n) is 2.59. The van der Waals surface area contributed by atoms with Crippen LogP contribution in [0.2, 0.25) is 0 Å². The Hall–Kier alpha value is -2.14. The van der Waals surface area contributed by atoms with Crippen molar-refractivity contribution in [2.24, 2.45) is 5.10 Å². The summed E-state index contributed by atoms with van der Waals surface area (Å²) >= 11 is 1.63. The van der Waals surface area contributed by atoms with Gasteiger partial charge in [0.15, 0.2) is 0 Å². The first kappa shape index (κ1) is 13.8. The number of nitrogens with zero attached hydrogens (tertiary/aromatic N) is 2. The van der Waals surface area contributed by atoms with Crippen LogP contribution in [0.15, 0.2) is 46.2 Å². The van der Waals surface area contributed by atoms with Gasteiger partial charge in [0.1, 0.15) is 5.75 Å². The number of hydrogen-bond acceptors (Lipinski definition) is 4. The van der Waals surface area contributed by atoms with E-state index in [1.807, 2.05) is 35.7 Å². The van der Waals surface area contributed by atoms with Crippen molar-refractivity contribution in [3.05, 3.63) is 52.2 Å². The van der Waals surface area contributed by atoms with Gasteiger partial charge < -0.3 is 4.74 Å². The lowest BCUT2D eigenvalue weighted by molar-refractivity contribution is -0.130. The molecule has 1 aromatic heterocycles. The van der Waals surface area contributed by atoms with Crippen LogP contribution in [0, 0.1) is 0 Å². The van der Waals surface area contributed by atoms with Crippen LogP contribution in [-0.4, -0.2) is 23.7 Å². The third-order valence-electron chi connectivity index (χ3n) is 3.59. The molecule has 2 aromatic rings. The van der Waals surface area contributed by atoms with Crippen LogP contribution in [0.5, 0.6) is 5.75 Å². The van der Waals surface area contributed by atoms with Gasteiger partial charge in [-0.15, -0.1) is 0 Å². The number of hydrogen-bond donors (Lipinski definition) is 0. The van der Waals surface area contributed by atoms with E-state index in [0.717, 1.165) is 22.6 Å². The fourth-order valence-corrected chi connectivity index (χ4v) is 3.25. The molecule has 1 unspecified atom stereocenters. The van der Waals surface area contributed by atoms with Crippen LogP contribution in [-0.2, 0) is 4.79 Å². The van der Waals surface area contributed by atoms with Gasteiger partial charge in [0.2, 0.25) is 5.91 Å². The maximum Gasteiger partial charge on any atom is 0.240 e. The largest absolute Gasteiger partial charge is 0.496 e. The van der Waals surface area contributed by atoms with E-state index in [0.29, 0.717) is 6.42 Å². The Morgan fingerprint density at radius 2 is 2.19 bits per heavy atom. The topological polar surface area (TPSA) is 41.9 Å². The van der Waals surface area contributed by atoms with Crippen LogP contribution in [0.4, 0.5) is 0 Å². The van der Waals surface area contributed by atoms with Crippen molar-refractivity contribution >= 4 is 23.0 Å². The number of hydrazone groups is 1. The second kappa shape index (κ2) is 5.69. The molecular weight excluding hydrogens is 284 g/mol. The lowest BCUT2D eigenvalue weighted by Gasteiger charge is -2.22. The summed E-state index contributed by atoms with van der Waals surface area (Å²) in [6.07, 6.45) is 0.705. The smallest absolute Gasteiger partial charge is 0.240 e. The highest BCUT2D eigenvalue weighted by Gasteiger charge is 2.33. The molecule has 1 aromatic carbocycles. The van der Waals surface area contributed by atoms with Crippen LogP contribution in [0.25, 0.3) is 0 Å². The normalized spacial score (nSPS) is 17.7. The van der Waals surface area contributed by atoms with Crippen LogP contribution >= 0.6 is 11.3 Å². The van der Waals surface area contributed by atoms with Gasteiger partial charge in [-0.1, -0.05) is 18.2 Å². The van der Waals surface area contributed by atoms with Gasteiger partial charge in [-0.25, -0.2) is 5.01 Å². The summed E-state index contributed by atoms with van der Waals surface area (Å²) in [6, 6.07) is 9.72. The highest BCUT2D eigenvalue weighted by molar-refractivity contribution is 7.08. The van der Waals surface area contributed by atoms with Crippen molar-refractivity contribution in [2.75, 3.05) is 7.11 Å². The van der Waals surface area contributed by atoms with E-state index in [9.17, 15) is 4.79 Å². The standard InChI is InChI=1S/C16H16N2O2S/c1-11(19)18-15(13-5-3-4-6-16(13)20-2)9-14(17-18)12-7-8-21-10-12/h3-8,10,15H,9H2,1-2H3. The summed E-state index contributed by atoms with van der Waals surface area (Å²) in [4.78, 5) is 11.9. The first-order valence-corrected chi connectivity index (χ1v) is 7.67. The number of carbonyl (C=O) groups is 1. The zero-order chi connectivity index (χ0) is 14.8. The Morgan fingerprint density at radius 3 is 2.86 bits per heavy atom. The minimum Gasteiger partial charge on any atom is -0.496 e. The first-order valence-electron chi connectivity index (χ1n) is 6.73. The van der Waals surface area contributed by atoms with E-state index >= 15 is 0 Å². The van der Waals surface area contributed by atoms with Gasteiger partial charge in [0, 0.05) is 24.5 Å². The Labute approximate surface area is 127 Å². The van der Waals surface area contributed by atoms with Gasteiger partial charge in [0.25, 0.3) is 0 Å². The van der Waals surface area contributed by atoms with E-state index in [1.165, 1.54) is 0 Å². The van der Waals surface area contributed by atoms with Crippen molar-refractivity contribution in [1.82, 2.24) is 5.01 Å². The molecule has 1 aliphatic heterocycles. The molecule has 0 fully saturated rings. The highest BCUT2D eigenvalue weighted by Crippen LogP contribution is 2.37. The van der Waals surface area contributed by atoms with Gasteiger partial charge in [-0.3, -0.25) is 4.79 Å². The zero-order valence-corrected chi connectivity index (χ0v) is 12.8. The zero-order valence-electron chi connectivity index (χ0n) is 11.9. The predicted octanol–water partition coefficient (Wildman–Crippen LogP) is 3.45. The van der Waals surface area contributed by atoms with E-state index in [2.05, 4.69) is 10.5 Å². The molecule has 2 heterocycles. The third kappa shape index (κ3) is 2.56. The molecule has 0 aliphatic carbocycles. The number of rotatable bonds is 3. The minimum atomic E-state index is -0.103. The van der Waals surface area contributed by atoms with Crippen molar-refractivity contribution in [1.29, 1.82) is 0 Å². The monoisotopic (exact) mass is 300 g/mol. The van der Waals surface area contributed by atoms with Crippen molar-refractivity contribution in [3.63, 3.8) is 0 Å². The molecule has 0 spiro atoms. The number of methoxy groups -OCH3 is 1. The number of thiophene rings is 1. The molecule has 21 heavy (non-hydrogen) atoms. The minimum absolute atomic E-state index is 0.0591. The van der Waals surface area contributed by atoms with Crippen molar-refractivity contribution in [3.8, 4) is 5.75 Å². The molecule has 3 rings (SSSR count). The van der Waals surface area contributed by atoms with Crippen molar-refractivity contribution in [2.45, 2.75) is 19.4 Å². The van der Waals surface area contributed by atoms with Gasteiger partial charge in [-0.05, 0) is 22.9 Å². The molecule has 1 aliphatic rings. The maximum absolute atomic E-state index is 11.9. The summed E-state index contributed by atoms with van der Waals surface area (Å²) in [6.45, 7) is 1.54. The number of carbonyl (C=O) groups excluding carboxylic acids is 1. The number of benzene rings is 1. The molecule has 1 atom stereocenters. The average Bonchev–Trinajstić information content (AvgIpc) is 3.16. The lowest BCUT2D eigenvalue weighted by atomic mass is 9.99. The van der Waals surface area contributed by atoms with Gasteiger partial charge >= 0.3 is 0 Å². The molecule has 0 saturated carbocycles. The summed E-state index contributed by atoms with van der Waals surface area (Å²) in [5, 5.41) is 10.2. The molecular formula is C16H16N2O2S. The Kier molecular flexibility index (Phi) is 3.75.